The quantitative estimate of drug-likeness (QED) is 0.904. The molecule has 2 aromatic rings. The Balaban J connectivity index is 1.43. The highest BCUT2D eigenvalue weighted by Crippen LogP contribution is 2.50. The Bertz CT molecular complexity index is 796. The molecule has 2 N–H and O–H groups in total. The van der Waals surface area contributed by atoms with E-state index in [9.17, 15) is 9.59 Å². The van der Waals surface area contributed by atoms with Crippen molar-refractivity contribution < 1.29 is 9.59 Å². The Morgan fingerprint density at radius 3 is 2.91 bits per heavy atom. The second kappa shape index (κ2) is 5.49. The fourth-order valence-electron chi connectivity index (χ4n) is 3.15. The van der Waals surface area contributed by atoms with E-state index in [-0.39, 0.29) is 17.7 Å². The minimum Gasteiger partial charge on any atom is -0.326 e. The molecule has 1 aliphatic heterocycles. The third-order valence-electron chi connectivity index (χ3n) is 4.52. The van der Waals surface area contributed by atoms with Gasteiger partial charge in [-0.1, -0.05) is 0 Å². The van der Waals surface area contributed by atoms with Crippen molar-refractivity contribution in [3.63, 3.8) is 0 Å². The van der Waals surface area contributed by atoms with Crippen molar-refractivity contribution in [1.29, 1.82) is 0 Å². The number of hydrogen-bond acceptors (Lipinski definition) is 3. The number of thiophene rings is 1. The molecule has 2 atom stereocenters. The van der Waals surface area contributed by atoms with Crippen LogP contribution in [0.4, 0.5) is 11.4 Å². The zero-order valence-electron chi connectivity index (χ0n) is 12.9. The van der Waals surface area contributed by atoms with E-state index in [1.54, 1.807) is 11.3 Å². The molecule has 1 aromatic heterocycles. The number of hydrogen-bond donors (Lipinski definition) is 2. The lowest BCUT2D eigenvalue weighted by Crippen LogP contribution is -2.20. The van der Waals surface area contributed by atoms with Gasteiger partial charge in [-0.2, -0.15) is 0 Å². The van der Waals surface area contributed by atoms with Crippen molar-refractivity contribution in [3.05, 3.63) is 45.6 Å². The number of carbonyl (C=O) groups excluding carboxylic acids is 2. The van der Waals surface area contributed by atoms with E-state index in [1.165, 1.54) is 9.75 Å². The van der Waals surface area contributed by atoms with Gasteiger partial charge in [0, 0.05) is 39.4 Å². The average Bonchev–Trinajstić information content (AvgIpc) is 3.22. The molecule has 4 rings (SSSR count). The Morgan fingerprint density at radius 2 is 2.13 bits per heavy atom. The molecular formula is C18H18N2O2S. The van der Waals surface area contributed by atoms with Gasteiger partial charge in [-0.3, -0.25) is 9.59 Å². The summed E-state index contributed by atoms with van der Waals surface area (Å²) >= 11 is 1.78. The molecule has 118 valence electrons. The van der Waals surface area contributed by atoms with Gasteiger partial charge in [0.15, 0.2) is 0 Å². The summed E-state index contributed by atoms with van der Waals surface area (Å²) in [7, 11) is 0. The first-order valence-electron chi connectivity index (χ1n) is 7.90. The highest BCUT2D eigenvalue weighted by Gasteiger charge is 2.44. The SMILES string of the molecule is Cc1ccc(C2CC2C(=O)Nc2ccc3c(c2)CCC(=O)N3)s1. The van der Waals surface area contributed by atoms with Crippen molar-refractivity contribution in [1.82, 2.24) is 0 Å². The predicted octanol–water partition coefficient (Wildman–Crippen LogP) is 3.68. The van der Waals surface area contributed by atoms with Crippen LogP contribution in [0.2, 0.25) is 0 Å². The Morgan fingerprint density at radius 1 is 1.26 bits per heavy atom. The molecule has 0 radical (unpaired) electrons. The van der Waals surface area contributed by atoms with Crippen molar-refractivity contribution in [2.24, 2.45) is 5.92 Å². The van der Waals surface area contributed by atoms with Crippen LogP contribution in [0.25, 0.3) is 0 Å². The standard InChI is InChI=1S/C18H18N2O2S/c1-10-2-6-16(23-10)13-9-14(13)18(22)19-12-4-5-15-11(8-12)3-7-17(21)20-15/h2,4-6,8,13-14H,3,7,9H2,1H3,(H,19,22)(H,20,21). The van der Waals surface area contributed by atoms with Crippen molar-refractivity contribution in [2.75, 3.05) is 10.6 Å². The molecule has 1 fully saturated rings. The number of aryl methyl sites for hydroxylation is 2. The molecule has 1 saturated carbocycles. The maximum Gasteiger partial charge on any atom is 0.228 e. The lowest BCUT2D eigenvalue weighted by atomic mass is 10.0. The molecule has 2 amide bonds. The van der Waals surface area contributed by atoms with E-state index in [2.05, 4.69) is 29.7 Å². The number of benzene rings is 1. The zero-order valence-corrected chi connectivity index (χ0v) is 13.7. The first-order chi connectivity index (χ1) is 11.1. The number of anilines is 2. The maximum absolute atomic E-state index is 12.4. The number of carbonyl (C=O) groups is 2. The van der Waals surface area contributed by atoms with E-state index < -0.39 is 0 Å². The van der Waals surface area contributed by atoms with Crippen LogP contribution in [0.1, 0.15) is 34.1 Å². The largest absolute Gasteiger partial charge is 0.326 e. The molecular weight excluding hydrogens is 308 g/mol. The van der Waals surface area contributed by atoms with Crippen LogP contribution in [0.15, 0.2) is 30.3 Å². The Hall–Kier alpha value is -2.14. The highest BCUT2D eigenvalue weighted by atomic mass is 32.1. The summed E-state index contributed by atoms with van der Waals surface area (Å²) < 4.78 is 0. The van der Waals surface area contributed by atoms with Gasteiger partial charge in [0.2, 0.25) is 11.8 Å². The topological polar surface area (TPSA) is 58.2 Å². The average molecular weight is 326 g/mol. The molecule has 23 heavy (non-hydrogen) atoms. The third-order valence-corrected chi connectivity index (χ3v) is 5.65. The van der Waals surface area contributed by atoms with Gasteiger partial charge < -0.3 is 10.6 Å². The summed E-state index contributed by atoms with van der Waals surface area (Å²) in [6.45, 7) is 2.09. The summed E-state index contributed by atoms with van der Waals surface area (Å²) in [4.78, 5) is 26.4. The van der Waals surface area contributed by atoms with Gasteiger partial charge >= 0.3 is 0 Å². The molecule has 2 heterocycles. The van der Waals surface area contributed by atoms with E-state index in [0.29, 0.717) is 12.3 Å². The molecule has 1 aromatic carbocycles. The summed E-state index contributed by atoms with van der Waals surface area (Å²) in [5, 5.41) is 5.88. The lowest BCUT2D eigenvalue weighted by Gasteiger charge is -2.17. The molecule has 5 heteroatoms. The van der Waals surface area contributed by atoms with Gasteiger partial charge in [0.25, 0.3) is 0 Å². The molecule has 1 aliphatic carbocycles. The number of amides is 2. The minimum absolute atomic E-state index is 0.0568. The van der Waals surface area contributed by atoms with Crippen LogP contribution in [0.5, 0.6) is 0 Å². The minimum atomic E-state index is 0.0568. The van der Waals surface area contributed by atoms with Gasteiger partial charge in [-0.15, -0.1) is 11.3 Å². The van der Waals surface area contributed by atoms with Crippen LogP contribution < -0.4 is 10.6 Å². The molecule has 4 nitrogen and oxygen atoms in total. The second-order valence-corrected chi connectivity index (χ2v) is 7.63. The summed E-state index contributed by atoms with van der Waals surface area (Å²) in [5.74, 6) is 0.622. The monoisotopic (exact) mass is 326 g/mol. The first-order valence-corrected chi connectivity index (χ1v) is 8.72. The third kappa shape index (κ3) is 2.88. The Kier molecular flexibility index (Phi) is 3.45. The molecule has 2 unspecified atom stereocenters. The zero-order chi connectivity index (χ0) is 16.0. The number of nitrogens with one attached hydrogen (secondary N) is 2. The summed E-state index contributed by atoms with van der Waals surface area (Å²) in [5.41, 5.74) is 2.76. The fourth-order valence-corrected chi connectivity index (χ4v) is 4.20. The van der Waals surface area contributed by atoms with Crippen LogP contribution in [-0.2, 0) is 16.0 Å². The second-order valence-electron chi connectivity index (χ2n) is 6.31. The maximum atomic E-state index is 12.4. The van der Waals surface area contributed by atoms with Crippen LogP contribution in [0, 0.1) is 12.8 Å². The van der Waals surface area contributed by atoms with Crippen LogP contribution >= 0.6 is 11.3 Å². The van der Waals surface area contributed by atoms with E-state index in [4.69, 9.17) is 0 Å². The van der Waals surface area contributed by atoms with Gasteiger partial charge in [0.05, 0.1) is 0 Å². The highest BCUT2D eigenvalue weighted by molar-refractivity contribution is 7.12. The molecule has 0 spiro atoms. The lowest BCUT2D eigenvalue weighted by molar-refractivity contribution is -0.117. The van der Waals surface area contributed by atoms with Crippen molar-refractivity contribution >= 4 is 34.5 Å². The predicted molar refractivity (Wildman–Crippen MR) is 91.9 cm³/mol. The van der Waals surface area contributed by atoms with Gasteiger partial charge in [-0.25, -0.2) is 0 Å². The van der Waals surface area contributed by atoms with E-state index >= 15 is 0 Å². The van der Waals surface area contributed by atoms with E-state index in [0.717, 1.165) is 29.8 Å². The number of fused-ring (bicyclic) bond motifs is 1. The summed E-state index contributed by atoms with van der Waals surface area (Å²) in [6.07, 6.45) is 2.17. The molecule has 2 aliphatic rings. The fraction of sp³-hybridized carbons (Fsp3) is 0.333. The molecule has 0 saturated heterocycles. The van der Waals surface area contributed by atoms with Crippen molar-refractivity contribution in [2.45, 2.75) is 32.1 Å². The van der Waals surface area contributed by atoms with Crippen LogP contribution in [0.3, 0.4) is 0 Å². The van der Waals surface area contributed by atoms with Gasteiger partial charge in [-0.05, 0) is 55.7 Å². The smallest absolute Gasteiger partial charge is 0.228 e. The van der Waals surface area contributed by atoms with Crippen LogP contribution in [-0.4, -0.2) is 11.8 Å². The van der Waals surface area contributed by atoms with E-state index in [1.807, 2.05) is 18.2 Å². The Labute approximate surface area is 138 Å². The van der Waals surface area contributed by atoms with Gasteiger partial charge in [0.1, 0.15) is 0 Å². The molecule has 0 bridgehead atoms. The number of rotatable bonds is 3. The first kappa shape index (κ1) is 14.5. The normalized spacial score (nSPS) is 22.2. The van der Waals surface area contributed by atoms with Crippen molar-refractivity contribution in [3.8, 4) is 0 Å². The summed E-state index contributed by atoms with van der Waals surface area (Å²) in [6, 6.07) is 9.95.